The molecule has 30 heavy (non-hydrogen) atoms. The highest BCUT2D eigenvalue weighted by atomic mass is 127. The third-order valence-electron chi connectivity index (χ3n) is 3.84. The number of guanidine groups is 1. The first kappa shape index (κ1) is 25.7. The zero-order valence-electron chi connectivity index (χ0n) is 17.0. The molecule has 6 nitrogen and oxygen atoms in total. The number of hydrogen-bond acceptors (Lipinski definition) is 4. The van der Waals surface area contributed by atoms with Crippen LogP contribution < -0.4 is 20.1 Å². The van der Waals surface area contributed by atoms with Gasteiger partial charge in [0.15, 0.2) is 5.96 Å². The van der Waals surface area contributed by atoms with Crippen LogP contribution >= 0.6 is 24.0 Å². The van der Waals surface area contributed by atoms with Crippen LogP contribution in [0.15, 0.2) is 66.2 Å². The Kier molecular flexibility index (Phi) is 12.5. The first-order valence-corrected chi connectivity index (χ1v) is 9.52. The average molecular weight is 529 g/mol. The average Bonchev–Trinajstić information content (AvgIpc) is 2.74. The molecule has 2 aromatic carbocycles. The van der Waals surface area contributed by atoms with Crippen LogP contribution in [0.3, 0.4) is 0 Å². The predicted octanol–water partition coefficient (Wildman–Crippen LogP) is 3.50. The summed E-state index contributed by atoms with van der Waals surface area (Å²) in [6, 6.07) is 13.4. The quantitative estimate of drug-likeness (QED) is 0.180. The lowest BCUT2D eigenvalue weighted by Crippen LogP contribution is -2.42. The van der Waals surface area contributed by atoms with Crippen molar-refractivity contribution in [2.45, 2.75) is 19.6 Å². The fraction of sp³-hybridized carbons (Fsp3) is 0.318. The van der Waals surface area contributed by atoms with Gasteiger partial charge in [-0.2, -0.15) is 0 Å². The van der Waals surface area contributed by atoms with Crippen molar-refractivity contribution in [2.24, 2.45) is 4.99 Å². The summed E-state index contributed by atoms with van der Waals surface area (Å²) in [4.78, 5) is 4.55. The van der Waals surface area contributed by atoms with Gasteiger partial charge in [0.05, 0.1) is 6.54 Å². The van der Waals surface area contributed by atoms with E-state index in [4.69, 9.17) is 9.47 Å². The van der Waals surface area contributed by atoms with Crippen LogP contribution in [-0.2, 0) is 6.54 Å². The summed E-state index contributed by atoms with van der Waals surface area (Å²) in [5.74, 6) is 1.51. The van der Waals surface area contributed by atoms with Crippen molar-refractivity contribution in [3.05, 3.63) is 72.6 Å². The monoisotopic (exact) mass is 529 g/mol. The second kappa shape index (κ2) is 14.6. The maximum Gasteiger partial charge on any atom is 0.191 e. The molecular formula is C22H29FIN3O3. The van der Waals surface area contributed by atoms with Crippen LogP contribution in [0.2, 0.25) is 0 Å². The molecule has 2 rings (SSSR count). The Morgan fingerprint density at radius 1 is 1.17 bits per heavy atom. The van der Waals surface area contributed by atoms with Crippen molar-refractivity contribution >= 4 is 29.9 Å². The van der Waals surface area contributed by atoms with Crippen molar-refractivity contribution in [3.8, 4) is 11.5 Å². The molecule has 0 amide bonds. The lowest BCUT2D eigenvalue weighted by molar-refractivity contribution is 0.110. The Morgan fingerprint density at radius 3 is 2.60 bits per heavy atom. The van der Waals surface area contributed by atoms with Crippen LogP contribution in [0.1, 0.15) is 12.5 Å². The van der Waals surface area contributed by atoms with Gasteiger partial charge < -0.3 is 25.2 Å². The number of halogens is 2. The summed E-state index contributed by atoms with van der Waals surface area (Å²) in [7, 11) is 0. The summed E-state index contributed by atoms with van der Waals surface area (Å²) in [5, 5.41) is 16.4. The third kappa shape index (κ3) is 9.45. The number of rotatable bonds is 11. The minimum atomic E-state index is -0.757. The van der Waals surface area contributed by atoms with Gasteiger partial charge in [-0.25, -0.2) is 9.38 Å². The van der Waals surface area contributed by atoms with Crippen molar-refractivity contribution in [1.29, 1.82) is 0 Å². The number of nitrogens with zero attached hydrogens (tertiary/aromatic N) is 1. The van der Waals surface area contributed by atoms with E-state index in [2.05, 4.69) is 22.2 Å². The van der Waals surface area contributed by atoms with Gasteiger partial charge in [-0.15, -0.1) is 24.0 Å². The zero-order valence-corrected chi connectivity index (χ0v) is 19.3. The molecule has 0 aromatic heterocycles. The summed E-state index contributed by atoms with van der Waals surface area (Å²) >= 11 is 0. The van der Waals surface area contributed by atoms with Crippen LogP contribution in [0.4, 0.5) is 4.39 Å². The topological polar surface area (TPSA) is 75.1 Å². The van der Waals surface area contributed by atoms with E-state index in [-0.39, 0.29) is 42.9 Å². The van der Waals surface area contributed by atoms with Crippen LogP contribution in [-0.4, -0.2) is 43.5 Å². The lowest BCUT2D eigenvalue weighted by Gasteiger charge is -2.16. The third-order valence-corrected chi connectivity index (χ3v) is 3.84. The number of hydrogen-bond donors (Lipinski definition) is 3. The maximum atomic E-state index is 12.9. The molecule has 8 heteroatoms. The maximum absolute atomic E-state index is 12.9. The van der Waals surface area contributed by atoms with E-state index >= 15 is 0 Å². The summed E-state index contributed by atoms with van der Waals surface area (Å²) in [6.45, 7) is 7.49. The van der Waals surface area contributed by atoms with Crippen molar-refractivity contribution < 1.29 is 19.0 Å². The molecule has 1 atom stereocenters. The smallest absolute Gasteiger partial charge is 0.191 e. The molecule has 0 heterocycles. The van der Waals surface area contributed by atoms with E-state index in [1.165, 1.54) is 24.3 Å². The molecule has 1 unspecified atom stereocenters. The molecule has 0 aliphatic rings. The molecule has 0 saturated heterocycles. The first-order valence-electron chi connectivity index (χ1n) is 9.52. The van der Waals surface area contributed by atoms with Crippen LogP contribution in [0.5, 0.6) is 11.5 Å². The van der Waals surface area contributed by atoms with E-state index in [1.54, 1.807) is 6.08 Å². The Balaban J connectivity index is 0.00000450. The van der Waals surface area contributed by atoms with Gasteiger partial charge in [0.25, 0.3) is 0 Å². The molecule has 0 radical (unpaired) electrons. The molecule has 0 fully saturated rings. The van der Waals surface area contributed by atoms with Gasteiger partial charge in [-0.3, -0.25) is 0 Å². The summed E-state index contributed by atoms with van der Waals surface area (Å²) in [5.41, 5.74) is 0.951. The number of nitrogens with one attached hydrogen (secondary N) is 2. The second-order valence-corrected chi connectivity index (χ2v) is 6.20. The van der Waals surface area contributed by atoms with Crippen LogP contribution in [0.25, 0.3) is 0 Å². The number of aliphatic hydroxyl groups excluding tert-OH is 1. The van der Waals surface area contributed by atoms with Gasteiger partial charge in [0, 0.05) is 18.7 Å². The Hall–Kier alpha value is -2.33. The molecule has 0 bridgehead atoms. The van der Waals surface area contributed by atoms with Gasteiger partial charge >= 0.3 is 0 Å². The first-order chi connectivity index (χ1) is 14.1. The normalized spacial score (nSPS) is 11.8. The van der Waals surface area contributed by atoms with Gasteiger partial charge in [-0.05, 0) is 37.3 Å². The van der Waals surface area contributed by atoms with Gasteiger partial charge in [0.1, 0.15) is 36.6 Å². The Bertz CT molecular complexity index is 787. The van der Waals surface area contributed by atoms with Gasteiger partial charge in [-0.1, -0.05) is 30.9 Å². The number of aliphatic hydroxyl groups is 1. The molecule has 2 aromatic rings. The highest BCUT2D eigenvalue weighted by Crippen LogP contribution is 2.18. The standard InChI is InChI=1S/C22H28FN3O3.HI/c1-3-13-28-21-8-6-5-7-17(21)14-25-22(24-4-2)26-15-19(27)16-29-20-11-9-18(23)10-12-20;/h3,5-12,19,27H,1,4,13-16H2,2H3,(H2,24,25,26);1H. The Morgan fingerprint density at radius 2 is 1.90 bits per heavy atom. The van der Waals surface area contributed by atoms with E-state index < -0.39 is 6.10 Å². The molecule has 164 valence electrons. The number of aliphatic imine (C=N–C) groups is 1. The summed E-state index contributed by atoms with van der Waals surface area (Å²) in [6.07, 6.45) is 0.938. The number of para-hydroxylation sites is 1. The highest BCUT2D eigenvalue weighted by molar-refractivity contribution is 14.0. The lowest BCUT2D eigenvalue weighted by atomic mass is 10.2. The van der Waals surface area contributed by atoms with Crippen molar-refractivity contribution in [2.75, 3.05) is 26.3 Å². The molecule has 0 spiro atoms. The largest absolute Gasteiger partial charge is 0.491 e. The molecule has 3 N–H and O–H groups in total. The minimum absolute atomic E-state index is 0. The fourth-order valence-electron chi connectivity index (χ4n) is 2.43. The Labute approximate surface area is 194 Å². The molecule has 0 saturated carbocycles. The second-order valence-electron chi connectivity index (χ2n) is 6.20. The van der Waals surface area contributed by atoms with E-state index in [0.717, 1.165) is 11.3 Å². The van der Waals surface area contributed by atoms with Crippen LogP contribution in [0, 0.1) is 5.82 Å². The van der Waals surface area contributed by atoms with E-state index in [9.17, 15) is 9.50 Å². The molecular weight excluding hydrogens is 500 g/mol. The minimum Gasteiger partial charge on any atom is -0.491 e. The SMILES string of the molecule is C=CCOc1ccccc1CN=C(NCC)NCC(O)COc1ccc(F)cc1.I. The van der Waals surface area contributed by atoms with E-state index in [1.807, 2.05) is 31.2 Å². The zero-order chi connectivity index (χ0) is 20.9. The highest BCUT2D eigenvalue weighted by Gasteiger charge is 2.08. The number of ether oxygens (including phenoxy) is 2. The van der Waals surface area contributed by atoms with Gasteiger partial charge in [0.2, 0.25) is 0 Å². The predicted molar refractivity (Wildman–Crippen MR) is 128 cm³/mol. The van der Waals surface area contributed by atoms with Crippen molar-refractivity contribution in [1.82, 2.24) is 10.6 Å². The van der Waals surface area contributed by atoms with Crippen molar-refractivity contribution in [3.63, 3.8) is 0 Å². The summed E-state index contributed by atoms with van der Waals surface area (Å²) < 4.78 is 24.0. The molecule has 0 aliphatic heterocycles. The molecule has 0 aliphatic carbocycles. The number of benzene rings is 2. The van der Waals surface area contributed by atoms with E-state index in [0.29, 0.717) is 31.4 Å². The fourth-order valence-corrected chi connectivity index (χ4v) is 2.43.